The quantitative estimate of drug-likeness (QED) is 0.335. The number of hydrogen-bond acceptors (Lipinski definition) is 7. The molecule has 4 heterocycles. The van der Waals surface area contributed by atoms with Crippen molar-refractivity contribution in [1.29, 1.82) is 5.41 Å². The third kappa shape index (κ3) is 4.19. The SMILES string of the molecule is N=C(c1cc(C2=CC(NC(N)=O)=CNC2)cnc1N)C1CC2=C(C=CCC2C2=CNCC=C2)N1. The van der Waals surface area contributed by atoms with Crippen LogP contribution >= 0.6 is 0 Å². The zero-order valence-electron chi connectivity index (χ0n) is 18.7. The lowest BCUT2D eigenvalue weighted by Gasteiger charge is -2.23. The fraction of sp³-hybridized carbons (Fsp3) is 0.240. The third-order valence-electron chi connectivity index (χ3n) is 6.47. The molecule has 34 heavy (non-hydrogen) atoms. The average molecular weight is 457 g/mol. The molecular formula is C25H28N8O. The minimum Gasteiger partial charge on any atom is -0.387 e. The molecule has 0 aromatic carbocycles. The van der Waals surface area contributed by atoms with Gasteiger partial charge in [-0.05, 0) is 53.3 Å². The minimum absolute atomic E-state index is 0.179. The summed E-state index contributed by atoms with van der Waals surface area (Å²) in [7, 11) is 0. The Morgan fingerprint density at radius 1 is 1.21 bits per heavy atom. The molecule has 9 heteroatoms. The summed E-state index contributed by atoms with van der Waals surface area (Å²) in [4.78, 5) is 15.6. The van der Waals surface area contributed by atoms with Crippen LogP contribution in [-0.4, -0.2) is 35.9 Å². The Balaban J connectivity index is 1.37. The van der Waals surface area contributed by atoms with E-state index in [0.717, 1.165) is 36.2 Å². The molecule has 3 aliphatic heterocycles. The smallest absolute Gasteiger partial charge is 0.316 e. The molecule has 1 aromatic rings. The Morgan fingerprint density at radius 3 is 2.88 bits per heavy atom. The molecule has 4 aliphatic rings. The highest BCUT2D eigenvalue weighted by Gasteiger charge is 2.33. The van der Waals surface area contributed by atoms with Gasteiger partial charge in [-0.3, -0.25) is 0 Å². The summed E-state index contributed by atoms with van der Waals surface area (Å²) >= 11 is 0. The van der Waals surface area contributed by atoms with E-state index in [0.29, 0.717) is 35.3 Å². The predicted molar refractivity (Wildman–Crippen MR) is 133 cm³/mol. The van der Waals surface area contributed by atoms with Gasteiger partial charge >= 0.3 is 6.03 Å². The van der Waals surface area contributed by atoms with Gasteiger partial charge in [0.25, 0.3) is 0 Å². The molecule has 9 nitrogen and oxygen atoms in total. The highest BCUT2D eigenvalue weighted by molar-refractivity contribution is 6.06. The number of amides is 2. The molecule has 2 atom stereocenters. The maximum absolute atomic E-state index is 11.2. The van der Waals surface area contributed by atoms with E-state index in [1.165, 1.54) is 11.1 Å². The maximum Gasteiger partial charge on any atom is 0.316 e. The van der Waals surface area contributed by atoms with Crippen molar-refractivity contribution in [2.45, 2.75) is 18.9 Å². The first-order valence-electron chi connectivity index (χ1n) is 11.3. The van der Waals surface area contributed by atoms with Crippen LogP contribution in [0.5, 0.6) is 0 Å². The van der Waals surface area contributed by atoms with Gasteiger partial charge in [0.15, 0.2) is 0 Å². The second kappa shape index (κ2) is 8.93. The van der Waals surface area contributed by atoms with Crippen LogP contribution in [0.3, 0.4) is 0 Å². The van der Waals surface area contributed by atoms with E-state index in [1.807, 2.05) is 12.1 Å². The predicted octanol–water partition coefficient (Wildman–Crippen LogP) is 1.76. The van der Waals surface area contributed by atoms with Crippen LogP contribution in [0.1, 0.15) is 24.0 Å². The number of nitrogens with two attached hydrogens (primary N) is 2. The number of dihydropyridines is 2. The summed E-state index contributed by atoms with van der Waals surface area (Å²) < 4.78 is 0. The highest BCUT2D eigenvalue weighted by atomic mass is 16.2. The molecule has 0 radical (unpaired) electrons. The number of urea groups is 1. The minimum atomic E-state index is -0.630. The fourth-order valence-corrected chi connectivity index (χ4v) is 4.83. The number of hydrogen-bond donors (Lipinski definition) is 7. The van der Waals surface area contributed by atoms with E-state index in [4.69, 9.17) is 16.9 Å². The highest BCUT2D eigenvalue weighted by Crippen LogP contribution is 2.38. The molecule has 1 aliphatic carbocycles. The number of pyridine rings is 1. The average Bonchev–Trinajstić information content (AvgIpc) is 3.29. The number of aromatic nitrogens is 1. The number of anilines is 1. The Labute approximate surface area is 198 Å². The lowest BCUT2D eigenvalue weighted by Crippen LogP contribution is -2.32. The Hall–Kier alpha value is -4.27. The number of rotatable bonds is 5. The maximum atomic E-state index is 11.2. The molecule has 174 valence electrons. The van der Waals surface area contributed by atoms with Gasteiger partial charge in [0.1, 0.15) is 5.82 Å². The Kier molecular flexibility index (Phi) is 5.67. The van der Waals surface area contributed by atoms with E-state index in [9.17, 15) is 4.79 Å². The first-order valence-corrected chi connectivity index (χ1v) is 11.3. The summed E-state index contributed by atoms with van der Waals surface area (Å²) in [5, 5.41) is 21.5. The molecule has 2 unspecified atom stereocenters. The van der Waals surface area contributed by atoms with Crippen LogP contribution < -0.4 is 32.7 Å². The second-order valence-corrected chi connectivity index (χ2v) is 8.70. The number of nitrogen functional groups attached to an aromatic ring is 1. The lowest BCUT2D eigenvalue weighted by atomic mass is 9.82. The van der Waals surface area contributed by atoms with Crippen LogP contribution in [-0.2, 0) is 0 Å². The summed E-state index contributed by atoms with van der Waals surface area (Å²) in [6.07, 6.45) is 17.7. The van der Waals surface area contributed by atoms with Crippen molar-refractivity contribution in [2.24, 2.45) is 11.7 Å². The number of nitrogens with one attached hydrogen (secondary N) is 5. The van der Waals surface area contributed by atoms with Crippen LogP contribution in [0.2, 0.25) is 0 Å². The van der Waals surface area contributed by atoms with Crippen molar-refractivity contribution < 1.29 is 4.79 Å². The number of carbonyl (C=O) groups excluding carboxylic acids is 1. The van der Waals surface area contributed by atoms with Crippen LogP contribution in [0.15, 0.2) is 77.6 Å². The van der Waals surface area contributed by atoms with Gasteiger partial charge in [-0.25, -0.2) is 9.78 Å². The van der Waals surface area contributed by atoms with Crippen molar-refractivity contribution in [3.8, 4) is 0 Å². The zero-order valence-corrected chi connectivity index (χ0v) is 18.7. The molecule has 0 spiro atoms. The van der Waals surface area contributed by atoms with Gasteiger partial charge in [-0.1, -0.05) is 18.2 Å². The van der Waals surface area contributed by atoms with E-state index in [1.54, 1.807) is 12.4 Å². The largest absolute Gasteiger partial charge is 0.387 e. The number of allylic oxidation sites excluding steroid dienone is 5. The van der Waals surface area contributed by atoms with Crippen molar-refractivity contribution in [1.82, 2.24) is 26.3 Å². The summed E-state index contributed by atoms with van der Waals surface area (Å²) in [6, 6.07) is 1.09. The van der Waals surface area contributed by atoms with Crippen molar-refractivity contribution in [3.63, 3.8) is 0 Å². The third-order valence-corrected chi connectivity index (χ3v) is 6.47. The van der Waals surface area contributed by atoms with E-state index in [2.05, 4.69) is 56.8 Å². The topological polar surface area (TPSA) is 154 Å². The van der Waals surface area contributed by atoms with Gasteiger partial charge in [0.2, 0.25) is 0 Å². The normalized spacial score (nSPS) is 23.0. The van der Waals surface area contributed by atoms with Gasteiger partial charge in [0.05, 0.1) is 17.5 Å². The molecule has 5 rings (SSSR count). The molecule has 0 saturated heterocycles. The summed E-state index contributed by atoms with van der Waals surface area (Å²) in [5.41, 5.74) is 18.5. The molecule has 9 N–H and O–H groups in total. The first-order chi connectivity index (χ1) is 16.5. The molecule has 0 saturated carbocycles. The Morgan fingerprint density at radius 2 is 2.09 bits per heavy atom. The summed E-state index contributed by atoms with van der Waals surface area (Å²) in [5.74, 6) is 0.627. The van der Waals surface area contributed by atoms with Crippen LogP contribution in [0, 0.1) is 11.3 Å². The molecular weight excluding hydrogens is 428 g/mol. The van der Waals surface area contributed by atoms with Crippen molar-refractivity contribution in [2.75, 3.05) is 18.8 Å². The second-order valence-electron chi connectivity index (χ2n) is 8.70. The van der Waals surface area contributed by atoms with Crippen LogP contribution in [0.4, 0.5) is 10.6 Å². The van der Waals surface area contributed by atoms with Gasteiger partial charge < -0.3 is 38.1 Å². The fourth-order valence-electron chi connectivity index (χ4n) is 4.83. The van der Waals surface area contributed by atoms with Crippen LogP contribution in [0.25, 0.3) is 5.57 Å². The number of primary amides is 1. The van der Waals surface area contributed by atoms with Crippen molar-refractivity contribution >= 4 is 23.1 Å². The first kappa shape index (κ1) is 21.6. The van der Waals surface area contributed by atoms with Gasteiger partial charge in [-0.15, -0.1) is 0 Å². The number of carbonyl (C=O) groups is 1. The van der Waals surface area contributed by atoms with E-state index in [-0.39, 0.29) is 6.04 Å². The van der Waals surface area contributed by atoms with E-state index >= 15 is 0 Å². The molecule has 2 amide bonds. The van der Waals surface area contributed by atoms with Gasteiger partial charge in [-0.2, -0.15) is 0 Å². The van der Waals surface area contributed by atoms with E-state index < -0.39 is 6.03 Å². The summed E-state index contributed by atoms with van der Waals surface area (Å²) in [6.45, 7) is 1.41. The molecule has 0 bridgehead atoms. The monoisotopic (exact) mass is 456 g/mol. The standard InChI is InChI=1S/C25H28N8O/c26-23(22-9-19-18(4-1-5-21(19)33-22)14-3-2-6-29-10-14)20-8-16(12-31-24(20)27)15-7-17(13-30-11-15)32-25(28)34/h1-3,5,7-8,10,12-13,18,22,26,29-30,33H,4,6,9,11H2,(H2,27,31)(H3,28,32,34). The lowest BCUT2D eigenvalue weighted by molar-refractivity contribution is 0.251. The molecule has 1 aromatic heterocycles. The Bertz CT molecular complexity index is 1230. The van der Waals surface area contributed by atoms with Crippen molar-refractivity contribution in [3.05, 3.63) is 88.7 Å². The zero-order chi connectivity index (χ0) is 23.7. The molecule has 0 fully saturated rings. The van der Waals surface area contributed by atoms with Gasteiger partial charge in [0, 0.05) is 48.9 Å². The number of nitrogens with zero attached hydrogens (tertiary/aromatic N) is 1.